The number of rotatable bonds is 10. The average molecular weight is 552 g/mol. The lowest BCUT2D eigenvalue weighted by molar-refractivity contribution is 0.286. The molecule has 1 heterocycles. The van der Waals surface area contributed by atoms with Gasteiger partial charge in [0.1, 0.15) is 24.7 Å². The van der Waals surface area contributed by atoms with Crippen LogP contribution in [0.15, 0.2) is 89.7 Å². The van der Waals surface area contributed by atoms with E-state index in [2.05, 4.69) is 58.3 Å². The van der Waals surface area contributed by atoms with Crippen molar-refractivity contribution in [3.8, 4) is 22.6 Å². The van der Waals surface area contributed by atoms with Crippen LogP contribution in [0.5, 0.6) is 11.5 Å². The van der Waals surface area contributed by atoms with Crippen molar-refractivity contribution < 1.29 is 9.47 Å². The van der Waals surface area contributed by atoms with Crippen molar-refractivity contribution in [3.05, 3.63) is 111 Å². The maximum atomic E-state index is 6.64. The molecule has 0 amide bonds. The Bertz CT molecular complexity index is 1250. The SMILES string of the molecule is CC(C)NCc1cc(Cl)c(OCc2cccc(-c3ccccc3)c2Br)cc1OCc1cccnc1. The molecule has 4 aromatic rings. The normalized spacial score (nSPS) is 11.0. The molecule has 3 aromatic carbocycles. The molecule has 0 atom stereocenters. The summed E-state index contributed by atoms with van der Waals surface area (Å²) in [6.07, 6.45) is 3.55. The van der Waals surface area contributed by atoms with Crippen LogP contribution in [0.1, 0.15) is 30.5 Å². The molecule has 0 aliphatic carbocycles. The predicted octanol–water partition coefficient (Wildman–Crippen LogP) is 7.82. The Hall–Kier alpha value is -2.86. The second kappa shape index (κ2) is 12.2. The molecule has 0 fully saturated rings. The van der Waals surface area contributed by atoms with E-state index < -0.39 is 0 Å². The molecular formula is C29H28BrClN2O2. The quantitative estimate of drug-likeness (QED) is 0.218. The van der Waals surface area contributed by atoms with Crippen LogP contribution in [0.2, 0.25) is 5.02 Å². The number of hydrogen-bond acceptors (Lipinski definition) is 4. The van der Waals surface area contributed by atoms with Gasteiger partial charge >= 0.3 is 0 Å². The third-order valence-electron chi connectivity index (χ3n) is 5.48. The van der Waals surface area contributed by atoms with Crippen molar-refractivity contribution in [2.24, 2.45) is 0 Å². The van der Waals surface area contributed by atoms with E-state index >= 15 is 0 Å². The third kappa shape index (κ3) is 6.85. The molecule has 1 aromatic heterocycles. The molecule has 0 bridgehead atoms. The van der Waals surface area contributed by atoms with Gasteiger partial charge in [0.2, 0.25) is 0 Å². The van der Waals surface area contributed by atoms with Gasteiger partial charge in [-0.05, 0) is 39.2 Å². The molecule has 0 aliphatic heterocycles. The lowest BCUT2D eigenvalue weighted by atomic mass is 10.0. The van der Waals surface area contributed by atoms with E-state index in [1.165, 1.54) is 0 Å². The van der Waals surface area contributed by atoms with Crippen LogP contribution in [0, 0.1) is 0 Å². The summed E-state index contributed by atoms with van der Waals surface area (Å²) < 4.78 is 13.4. The van der Waals surface area contributed by atoms with Crippen molar-refractivity contribution >= 4 is 27.5 Å². The van der Waals surface area contributed by atoms with E-state index in [0.29, 0.717) is 36.6 Å². The maximum absolute atomic E-state index is 6.64. The van der Waals surface area contributed by atoms with E-state index in [1.54, 1.807) is 12.4 Å². The zero-order valence-corrected chi connectivity index (χ0v) is 22.1. The average Bonchev–Trinajstić information content (AvgIpc) is 2.88. The van der Waals surface area contributed by atoms with E-state index in [1.807, 2.05) is 54.6 Å². The summed E-state index contributed by atoms with van der Waals surface area (Å²) >= 11 is 10.4. The van der Waals surface area contributed by atoms with Gasteiger partial charge in [-0.3, -0.25) is 4.98 Å². The summed E-state index contributed by atoms with van der Waals surface area (Å²) in [6.45, 7) is 5.64. The van der Waals surface area contributed by atoms with Gasteiger partial charge < -0.3 is 14.8 Å². The van der Waals surface area contributed by atoms with Gasteiger partial charge in [0.05, 0.1) is 5.02 Å². The summed E-state index contributed by atoms with van der Waals surface area (Å²) in [5, 5.41) is 3.99. The molecule has 0 saturated heterocycles. The van der Waals surface area contributed by atoms with Gasteiger partial charge in [-0.2, -0.15) is 0 Å². The summed E-state index contributed by atoms with van der Waals surface area (Å²) in [4.78, 5) is 4.17. The molecule has 4 rings (SSSR count). The van der Waals surface area contributed by atoms with E-state index in [-0.39, 0.29) is 0 Å². The first-order chi connectivity index (χ1) is 17.0. The number of nitrogens with one attached hydrogen (secondary N) is 1. The van der Waals surface area contributed by atoms with Crippen LogP contribution in [-0.2, 0) is 19.8 Å². The van der Waals surface area contributed by atoms with Gasteiger partial charge in [0.15, 0.2) is 0 Å². The Morgan fingerprint density at radius 2 is 1.69 bits per heavy atom. The molecule has 6 heteroatoms. The molecule has 4 nitrogen and oxygen atoms in total. The van der Waals surface area contributed by atoms with E-state index in [9.17, 15) is 0 Å². The Morgan fingerprint density at radius 1 is 0.886 bits per heavy atom. The molecule has 35 heavy (non-hydrogen) atoms. The lowest BCUT2D eigenvalue weighted by Gasteiger charge is -2.17. The van der Waals surface area contributed by atoms with Gasteiger partial charge in [0.25, 0.3) is 0 Å². The minimum Gasteiger partial charge on any atom is -0.488 e. The van der Waals surface area contributed by atoms with Gasteiger partial charge in [-0.25, -0.2) is 0 Å². The van der Waals surface area contributed by atoms with E-state index in [4.69, 9.17) is 21.1 Å². The van der Waals surface area contributed by atoms with Crippen molar-refractivity contribution in [2.45, 2.75) is 39.6 Å². The molecule has 0 radical (unpaired) electrons. The zero-order valence-electron chi connectivity index (χ0n) is 19.8. The second-order valence-corrected chi connectivity index (χ2v) is 9.71. The molecule has 0 spiro atoms. The molecule has 180 valence electrons. The van der Waals surface area contributed by atoms with Crippen LogP contribution in [0.25, 0.3) is 11.1 Å². The number of nitrogens with zero attached hydrogens (tertiary/aromatic N) is 1. The van der Waals surface area contributed by atoms with Crippen molar-refractivity contribution in [1.29, 1.82) is 0 Å². The zero-order chi connectivity index (χ0) is 24.6. The first-order valence-electron chi connectivity index (χ1n) is 11.5. The number of pyridine rings is 1. The molecule has 0 aliphatic rings. The summed E-state index contributed by atoms with van der Waals surface area (Å²) in [5.41, 5.74) is 5.27. The number of ether oxygens (including phenoxy) is 2. The smallest absolute Gasteiger partial charge is 0.142 e. The van der Waals surface area contributed by atoms with Crippen LogP contribution < -0.4 is 14.8 Å². The highest BCUT2D eigenvalue weighted by molar-refractivity contribution is 9.10. The predicted molar refractivity (Wildman–Crippen MR) is 146 cm³/mol. The summed E-state index contributed by atoms with van der Waals surface area (Å²) in [5.74, 6) is 1.32. The number of hydrogen-bond donors (Lipinski definition) is 1. The molecule has 1 N–H and O–H groups in total. The third-order valence-corrected chi connectivity index (χ3v) is 6.71. The van der Waals surface area contributed by atoms with Gasteiger partial charge in [-0.1, -0.05) is 80.0 Å². The Morgan fingerprint density at radius 3 is 2.43 bits per heavy atom. The Labute approximate surface area is 220 Å². The topological polar surface area (TPSA) is 43.4 Å². The van der Waals surface area contributed by atoms with Crippen LogP contribution in [0.3, 0.4) is 0 Å². The lowest BCUT2D eigenvalue weighted by Crippen LogP contribution is -2.22. The van der Waals surface area contributed by atoms with Crippen LogP contribution in [0.4, 0.5) is 0 Å². The largest absolute Gasteiger partial charge is 0.488 e. The van der Waals surface area contributed by atoms with Crippen molar-refractivity contribution in [3.63, 3.8) is 0 Å². The minimum absolute atomic E-state index is 0.338. The number of benzene rings is 3. The summed E-state index contributed by atoms with van der Waals surface area (Å²) in [7, 11) is 0. The first-order valence-corrected chi connectivity index (χ1v) is 12.7. The fraction of sp³-hybridized carbons (Fsp3) is 0.207. The number of aromatic nitrogens is 1. The maximum Gasteiger partial charge on any atom is 0.142 e. The first kappa shape index (κ1) is 25.2. The van der Waals surface area contributed by atoms with Gasteiger partial charge in [0, 0.05) is 52.2 Å². The van der Waals surface area contributed by atoms with Crippen LogP contribution in [-0.4, -0.2) is 11.0 Å². The highest BCUT2D eigenvalue weighted by atomic mass is 79.9. The monoisotopic (exact) mass is 550 g/mol. The highest BCUT2D eigenvalue weighted by Crippen LogP contribution is 2.36. The van der Waals surface area contributed by atoms with Crippen LogP contribution >= 0.6 is 27.5 Å². The standard InChI is InChI=1S/C29H28BrClN2O2/c1-20(2)33-17-24-14-26(31)28(15-27(24)34-18-21-8-7-13-32-16-21)35-19-23-11-6-12-25(29(23)30)22-9-4-3-5-10-22/h3-16,20,33H,17-19H2,1-2H3. The molecule has 0 saturated carbocycles. The number of halogens is 2. The van der Waals surface area contributed by atoms with Gasteiger partial charge in [-0.15, -0.1) is 0 Å². The molecular weight excluding hydrogens is 524 g/mol. The van der Waals surface area contributed by atoms with Crippen molar-refractivity contribution in [2.75, 3.05) is 0 Å². The Kier molecular flexibility index (Phi) is 8.80. The van der Waals surface area contributed by atoms with Crippen molar-refractivity contribution in [1.82, 2.24) is 10.3 Å². The summed E-state index contributed by atoms with van der Waals surface area (Å²) in [6, 6.07) is 24.5. The van der Waals surface area contributed by atoms with E-state index in [0.717, 1.165) is 38.0 Å². The second-order valence-electron chi connectivity index (χ2n) is 8.51. The molecule has 0 unspecified atom stereocenters. The Balaban J connectivity index is 1.55. The highest BCUT2D eigenvalue weighted by Gasteiger charge is 2.14. The fourth-order valence-corrected chi connectivity index (χ4v) is 4.45. The minimum atomic E-state index is 0.338. The fourth-order valence-electron chi connectivity index (χ4n) is 3.61.